The minimum Gasteiger partial charge on any atom is -0.292 e. The van der Waals surface area contributed by atoms with Gasteiger partial charge >= 0.3 is 0 Å². The molecule has 1 atom stereocenters. The maximum Gasteiger partial charge on any atom is 0.247 e. The number of Topliss-reactive ketones (excluding diaryl/α,β-unsaturated/α-hetero) is 1. The molecule has 0 aliphatic carbocycles. The molecule has 1 aliphatic rings. The fourth-order valence-corrected chi connectivity index (χ4v) is 4.79. The molecule has 1 saturated heterocycles. The minimum absolute atomic E-state index is 0.145. The van der Waals surface area contributed by atoms with Crippen LogP contribution in [0.25, 0.3) is 0 Å². The Labute approximate surface area is 135 Å². The van der Waals surface area contributed by atoms with Crippen molar-refractivity contribution in [3.8, 4) is 0 Å². The van der Waals surface area contributed by atoms with Crippen molar-refractivity contribution in [1.82, 2.24) is 14.1 Å². The quantitative estimate of drug-likeness (QED) is 0.799. The molecule has 0 unspecified atom stereocenters. The summed E-state index contributed by atoms with van der Waals surface area (Å²) >= 11 is 0. The predicted molar refractivity (Wildman–Crippen MR) is 85.6 cm³/mol. The maximum atomic E-state index is 12.9. The van der Waals surface area contributed by atoms with Crippen molar-refractivity contribution in [2.45, 2.75) is 30.7 Å². The van der Waals surface area contributed by atoms with Gasteiger partial charge in [0.25, 0.3) is 0 Å². The number of hydrogen-bond donors (Lipinski definition) is 0. The van der Waals surface area contributed by atoms with E-state index in [2.05, 4.69) is 5.10 Å². The summed E-state index contributed by atoms with van der Waals surface area (Å²) in [6.07, 6.45) is 2.58. The Morgan fingerprint density at radius 1 is 1.26 bits per heavy atom. The molecule has 23 heavy (non-hydrogen) atoms. The summed E-state index contributed by atoms with van der Waals surface area (Å²) in [5, 5.41) is 4.01. The van der Waals surface area contributed by atoms with Crippen LogP contribution in [0.2, 0.25) is 0 Å². The number of carbonyl (C=O) groups excluding carboxylic acids is 1. The van der Waals surface area contributed by atoms with Crippen LogP contribution in [0.1, 0.15) is 28.9 Å². The summed E-state index contributed by atoms with van der Waals surface area (Å²) in [5.41, 5.74) is 1.12. The highest BCUT2D eigenvalue weighted by Crippen LogP contribution is 2.29. The van der Waals surface area contributed by atoms with Gasteiger partial charge in [0, 0.05) is 19.2 Å². The van der Waals surface area contributed by atoms with E-state index in [1.54, 1.807) is 38.2 Å². The molecule has 122 valence electrons. The fourth-order valence-electron chi connectivity index (χ4n) is 2.94. The van der Waals surface area contributed by atoms with Crippen molar-refractivity contribution >= 4 is 15.8 Å². The van der Waals surface area contributed by atoms with E-state index >= 15 is 0 Å². The Kier molecular flexibility index (Phi) is 4.08. The van der Waals surface area contributed by atoms with E-state index < -0.39 is 16.1 Å². The van der Waals surface area contributed by atoms with Crippen LogP contribution in [-0.4, -0.2) is 40.9 Å². The molecule has 1 aromatic carbocycles. The van der Waals surface area contributed by atoms with Crippen LogP contribution in [0.3, 0.4) is 0 Å². The van der Waals surface area contributed by atoms with Gasteiger partial charge in [-0.15, -0.1) is 0 Å². The normalized spacial score (nSPS) is 19.1. The van der Waals surface area contributed by atoms with Crippen LogP contribution in [0.15, 0.2) is 41.4 Å². The number of aryl methyl sites for hydroxylation is 1. The molecule has 0 bridgehead atoms. The van der Waals surface area contributed by atoms with Crippen LogP contribution >= 0.6 is 0 Å². The minimum atomic E-state index is -3.72. The second-order valence-corrected chi connectivity index (χ2v) is 7.58. The van der Waals surface area contributed by atoms with Gasteiger partial charge in [0.2, 0.25) is 10.0 Å². The molecule has 2 heterocycles. The van der Waals surface area contributed by atoms with Crippen molar-refractivity contribution in [2.75, 3.05) is 6.54 Å². The number of rotatable bonds is 4. The number of carbonyl (C=O) groups is 1. The first-order valence-electron chi connectivity index (χ1n) is 7.52. The van der Waals surface area contributed by atoms with Gasteiger partial charge in [-0.05, 0) is 19.8 Å². The maximum absolute atomic E-state index is 12.9. The lowest BCUT2D eigenvalue weighted by Crippen LogP contribution is -2.40. The zero-order valence-electron chi connectivity index (χ0n) is 13.1. The molecule has 0 spiro atoms. The molecule has 6 nitrogen and oxygen atoms in total. The summed E-state index contributed by atoms with van der Waals surface area (Å²) in [4.78, 5) is 12.9. The van der Waals surface area contributed by atoms with Gasteiger partial charge in [0.15, 0.2) is 5.78 Å². The molecular formula is C16H19N3O3S. The third-order valence-corrected chi connectivity index (χ3v) is 6.35. The number of benzene rings is 1. The first-order valence-corrected chi connectivity index (χ1v) is 8.96. The Hall–Kier alpha value is -1.99. The Bertz CT molecular complexity index is 828. The van der Waals surface area contributed by atoms with Gasteiger partial charge in [-0.25, -0.2) is 8.42 Å². The third kappa shape index (κ3) is 2.70. The van der Waals surface area contributed by atoms with Gasteiger partial charge < -0.3 is 0 Å². The van der Waals surface area contributed by atoms with Crippen LogP contribution in [0, 0.1) is 6.92 Å². The summed E-state index contributed by atoms with van der Waals surface area (Å²) < 4.78 is 28.7. The van der Waals surface area contributed by atoms with Gasteiger partial charge in [0.05, 0.1) is 17.9 Å². The standard InChI is InChI=1S/C16H19N3O3S/c1-12-15(11-17-18(12)2)23(21,22)19-10-6-9-14(19)16(20)13-7-4-3-5-8-13/h3-5,7-8,11,14H,6,9-10H2,1-2H3/t14-/m0/s1. The lowest BCUT2D eigenvalue weighted by Gasteiger charge is -2.23. The number of ketones is 1. The van der Waals surface area contributed by atoms with Crippen molar-refractivity contribution in [3.05, 3.63) is 47.8 Å². The SMILES string of the molecule is Cc1c(S(=O)(=O)N2CCC[C@H]2C(=O)c2ccccc2)cnn1C. The highest BCUT2D eigenvalue weighted by atomic mass is 32.2. The Morgan fingerprint density at radius 2 is 1.96 bits per heavy atom. The average Bonchev–Trinajstić information content (AvgIpc) is 3.16. The first-order chi connectivity index (χ1) is 10.9. The lowest BCUT2D eigenvalue weighted by atomic mass is 10.0. The molecule has 0 radical (unpaired) electrons. The molecular weight excluding hydrogens is 314 g/mol. The van der Waals surface area contributed by atoms with Crippen LogP contribution in [-0.2, 0) is 17.1 Å². The van der Waals surface area contributed by atoms with Gasteiger partial charge in [-0.3, -0.25) is 9.48 Å². The van der Waals surface area contributed by atoms with E-state index in [0.717, 1.165) is 0 Å². The zero-order chi connectivity index (χ0) is 16.6. The smallest absolute Gasteiger partial charge is 0.247 e. The van der Waals surface area contributed by atoms with E-state index in [0.29, 0.717) is 30.6 Å². The largest absolute Gasteiger partial charge is 0.292 e. The third-order valence-electron chi connectivity index (χ3n) is 4.34. The number of sulfonamides is 1. The van der Waals surface area contributed by atoms with Crippen LogP contribution in [0.4, 0.5) is 0 Å². The van der Waals surface area contributed by atoms with Gasteiger partial charge in [0.1, 0.15) is 4.90 Å². The summed E-state index contributed by atoms with van der Waals surface area (Å²) in [6, 6.07) is 8.21. The fraction of sp³-hybridized carbons (Fsp3) is 0.375. The second-order valence-electron chi connectivity index (χ2n) is 5.72. The number of nitrogens with zero attached hydrogens (tertiary/aromatic N) is 3. The average molecular weight is 333 g/mol. The molecule has 7 heteroatoms. The second kappa shape index (κ2) is 5.90. The highest BCUT2D eigenvalue weighted by Gasteiger charge is 2.40. The van der Waals surface area contributed by atoms with E-state index in [-0.39, 0.29) is 10.7 Å². The molecule has 0 saturated carbocycles. The molecule has 0 N–H and O–H groups in total. The van der Waals surface area contributed by atoms with Crippen LogP contribution < -0.4 is 0 Å². The zero-order valence-corrected chi connectivity index (χ0v) is 14.0. The highest BCUT2D eigenvalue weighted by molar-refractivity contribution is 7.89. The lowest BCUT2D eigenvalue weighted by molar-refractivity contribution is 0.0918. The summed E-state index contributed by atoms with van der Waals surface area (Å²) in [7, 11) is -2.02. The number of aromatic nitrogens is 2. The molecule has 1 aromatic heterocycles. The Morgan fingerprint density at radius 3 is 2.57 bits per heavy atom. The van der Waals surface area contributed by atoms with Crippen molar-refractivity contribution in [2.24, 2.45) is 7.05 Å². The summed E-state index contributed by atoms with van der Waals surface area (Å²) in [6.45, 7) is 2.07. The Balaban J connectivity index is 1.96. The van der Waals surface area contributed by atoms with E-state index in [9.17, 15) is 13.2 Å². The van der Waals surface area contributed by atoms with Crippen molar-refractivity contribution in [3.63, 3.8) is 0 Å². The molecule has 1 aliphatic heterocycles. The summed E-state index contributed by atoms with van der Waals surface area (Å²) in [5.74, 6) is -0.145. The van der Waals surface area contributed by atoms with Crippen LogP contribution in [0.5, 0.6) is 0 Å². The molecule has 1 fully saturated rings. The molecule has 0 amide bonds. The molecule has 2 aromatic rings. The van der Waals surface area contributed by atoms with Crippen molar-refractivity contribution in [1.29, 1.82) is 0 Å². The van der Waals surface area contributed by atoms with E-state index in [1.807, 2.05) is 6.07 Å². The van der Waals surface area contributed by atoms with Crippen molar-refractivity contribution < 1.29 is 13.2 Å². The van der Waals surface area contributed by atoms with Gasteiger partial charge in [-0.2, -0.15) is 9.40 Å². The molecule has 3 rings (SSSR count). The predicted octanol–water partition coefficient (Wildman–Crippen LogP) is 1.76. The van der Waals surface area contributed by atoms with Gasteiger partial charge in [-0.1, -0.05) is 30.3 Å². The number of hydrogen-bond acceptors (Lipinski definition) is 4. The monoisotopic (exact) mass is 333 g/mol. The topological polar surface area (TPSA) is 72.3 Å². The van der Waals surface area contributed by atoms with E-state index in [4.69, 9.17) is 0 Å². The van der Waals surface area contributed by atoms with E-state index in [1.165, 1.54) is 15.2 Å². The first kappa shape index (κ1) is 15.9.